The van der Waals surface area contributed by atoms with Crippen molar-refractivity contribution < 1.29 is 13.2 Å². The van der Waals surface area contributed by atoms with Crippen molar-refractivity contribution in [2.45, 2.75) is 33.2 Å². The van der Waals surface area contributed by atoms with Gasteiger partial charge >= 0.3 is 0 Å². The molecule has 0 aliphatic heterocycles. The van der Waals surface area contributed by atoms with E-state index in [4.69, 9.17) is 0 Å². The van der Waals surface area contributed by atoms with Crippen LogP contribution in [-0.4, -0.2) is 38.1 Å². The van der Waals surface area contributed by atoms with Crippen LogP contribution >= 0.6 is 0 Å². The third kappa shape index (κ3) is 7.93. The third-order valence-corrected chi connectivity index (χ3v) is 5.80. The molecule has 0 atom stereocenters. The average Bonchev–Trinajstić information content (AvgIpc) is 2.61. The van der Waals surface area contributed by atoms with Gasteiger partial charge in [-0.1, -0.05) is 60.2 Å². The van der Waals surface area contributed by atoms with E-state index in [0.29, 0.717) is 19.5 Å². The first-order chi connectivity index (χ1) is 12.9. The highest BCUT2D eigenvalue weighted by Crippen LogP contribution is 2.08. The lowest BCUT2D eigenvalue weighted by atomic mass is 10.1. The monoisotopic (exact) mass is 388 g/mol. The van der Waals surface area contributed by atoms with Gasteiger partial charge in [0.2, 0.25) is 15.9 Å². The molecule has 1 N–H and O–H groups in total. The summed E-state index contributed by atoms with van der Waals surface area (Å²) in [7, 11) is -3.34. The van der Waals surface area contributed by atoms with Gasteiger partial charge in [-0.25, -0.2) is 13.1 Å². The fourth-order valence-electron chi connectivity index (χ4n) is 2.90. The van der Waals surface area contributed by atoms with Crippen molar-refractivity contribution in [2.75, 3.05) is 18.8 Å². The summed E-state index contributed by atoms with van der Waals surface area (Å²) in [6, 6.07) is 17.8. The molecule has 0 bridgehead atoms. The topological polar surface area (TPSA) is 66.5 Å². The van der Waals surface area contributed by atoms with E-state index in [2.05, 4.69) is 4.72 Å². The summed E-state index contributed by atoms with van der Waals surface area (Å²) in [6.45, 7) is 4.56. The molecule has 0 saturated carbocycles. The number of carbonyl (C=O) groups excluding carboxylic acids is 1. The first kappa shape index (κ1) is 21.1. The zero-order valence-corrected chi connectivity index (χ0v) is 16.8. The summed E-state index contributed by atoms with van der Waals surface area (Å²) >= 11 is 0. The van der Waals surface area contributed by atoms with Crippen molar-refractivity contribution in [1.29, 1.82) is 0 Å². The quantitative estimate of drug-likeness (QED) is 0.681. The molecule has 0 unspecified atom stereocenters. The van der Waals surface area contributed by atoms with Crippen LogP contribution in [0, 0.1) is 6.92 Å². The maximum atomic E-state index is 12.2. The van der Waals surface area contributed by atoms with Gasteiger partial charge in [0.05, 0.1) is 5.75 Å². The molecular weight excluding hydrogens is 360 g/mol. The minimum absolute atomic E-state index is 0.0696. The number of benzene rings is 2. The zero-order chi connectivity index (χ0) is 19.7. The molecule has 0 spiro atoms. The summed E-state index contributed by atoms with van der Waals surface area (Å²) in [6.07, 6.45) is 1.30. The molecule has 5 nitrogen and oxygen atoms in total. The summed E-state index contributed by atoms with van der Waals surface area (Å²) in [4.78, 5) is 13.5. The maximum absolute atomic E-state index is 12.2. The van der Waals surface area contributed by atoms with Gasteiger partial charge in [0.1, 0.15) is 0 Å². The second-order valence-electron chi connectivity index (χ2n) is 6.73. The molecule has 0 aromatic heterocycles. The highest BCUT2D eigenvalue weighted by Gasteiger charge is 2.13. The summed E-state index contributed by atoms with van der Waals surface area (Å²) < 4.78 is 26.9. The Balaban J connectivity index is 1.78. The number of amides is 1. The standard InChI is InChI=1S/C21H28N2O3S/c1-18-8-6-11-21(16-18)17-23(19(2)24)14-13-22-27(25,26)15-7-12-20-9-4-3-5-10-20/h3-6,8-11,16,22H,7,12-15,17H2,1-2H3. The maximum Gasteiger partial charge on any atom is 0.219 e. The number of carbonyl (C=O) groups is 1. The molecule has 0 fully saturated rings. The van der Waals surface area contributed by atoms with Crippen LogP contribution in [0.25, 0.3) is 0 Å². The van der Waals surface area contributed by atoms with Crippen molar-refractivity contribution in [1.82, 2.24) is 9.62 Å². The number of sulfonamides is 1. The SMILES string of the molecule is CC(=O)N(CCNS(=O)(=O)CCCc1ccccc1)Cc1cccc(C)c1. The summed E-state index contributed by atoms with van der Waals surface area (Å²) in [5, 5.41) is 0. The predicted molar refractivity (Wildman–Crippen MR) is 109 cm³/mol. The molecule has 146 valence electrons. The van der Waals surface area contributed by atoms with Gasteiger partial charge in [-0.2, -0.15) is 0 Å². The Morgan fingerprint density at radius 1 is 1.04 bits per heavy atom. The average molecular weight is 389 g/mol. The van der Waals surface area contributed by atoms with Crippen LogP contribution in [0.15, 0.2) is 54.6 Å². The fourth-order valence-corrected chi connectivity index (χ4v) is 3.97. The second-order valence-corrected chi connectivity index (χ2v) is 8.66. The lowest BCUT2D eigenvalue weighted by Gasteiger charge is -2.21. The molecule has 6 heteroatoms. The van der Waals surface area contributed by atoms with Crippen molar-refractivity contribution in [3.05, 3.63) is 71.3 Å². The Labute approximate surface area is 162 Å². The molecule has 27 heavy (non-hydrogen) atoms. The van der Waals surface area contributed by atoms with Gasteiger partial charge in [-0.3, -0.25) is 4.79 Å². The van der Waals surface area contributed by atoms with Crippen LogP contribution in [-0.2, 0) is 27.8 Å². The van der Waals surface area contributed by atoms with Crippen LogP contribution in [0.4, 0.5) is 0 Å². The number of nitrogens with one attached hydrogen (secondary N) is 1. The molecule has 0 saturated heterocycles. The third-order valence-electron chi connectivity index (χ3n) is 4.33. The van der Waals surface area contributed by atoms with E-state index in [1.807, 2.05) is 61.5 Å². The first-order valence-electron chi connectivity index (χ1n) is 9.18. The first-order valence-corrected chi connectivity index (χ1v) is 10.8. The van der Waals surface area contributed by atoms with Crippen LogP contribution in [0.3, 0.4) is 0 Å². The van der Waals surface area contributed by atoms with Crippen LogP contribution in [0.5, 0.6) is 0 Å². The van der Waals surface area contributed by atoms with Crippen molar-refractivity contribution in [2.24, 2.45) is 0 Å². The van der Waals surface area contributed by atoms with E-state index in [1.54, 1.807) is 4.90 Å². The van der Waals surface area contributed by atoms with Crippen molar-refractivity contribution >= 4 is 15.9 Å². The van der Waals surface area contributed by atoms with E-state index in [9.17, 15) is 13.2 Å². The van der Waals surface area contributed by atoms with E-state index in [0.717, 1.165) is 23.1 Å². The number of nitrogens with zero attached hydrogens (tertiary/aromatic N) is 1. The highest BCUT2D eigenvalue weighted by molar-refractivity contribution is 7.89. The second kappa shape index (κ2) is 10.2. The number of hydrogen-bond donors (Lipinski definition) is 1. The molecule has 2 rings (SSSR count). The highest BCUT2D eigenvalue weighted by atomic mass is 32.2. The van der Waals surface area contributed by atoms with E-state index in [1.165, 1.54) is 6.92 Å². The normalized spacial score (nSPS) is 11.3. The Hall–Kier alpha value is -2.18. The molecule has 0 radical (unpaired) electrons. The lowest BCUT2D eigenvalue weighted by molar-refractivity contribution is -0.129. The minimum Gasteiger partial charge on any atom is -0.337 e. The predicted octanol–water partition coefficient (Wildman–Crippen LogP) is 2.90. The molecule has 2 aromatic carbocycles. The summed E-state index contributed by atoms with van der Waals surface area (Å²) in [5.74, 6) is 0.0135. The molecule has 1 amide bonds. The van der Waals surface area contributed by atoms with Gasteiger partial charge in [-0.05, 0) is 30.9 Å². The van der Waals surface area contributed by atoms with Crippen LogP contribution in [0.2, 0.25) is 0 Å². The van der Waals surface area contributed by atoms with Gasteiger partial charge in [0.15, 0.2) is 0 Å². The van der Waals surface area contributed by atoms with E-state index in [-0.39, 0.29) is 18.2 Å². The van der Waals surface area contributed by atoms with Gasteiger partial charge in [0.25, 0.3) is 0 Å². The van der Waals surface area contributed by atoms with Crippen molar-refractivity contribution in [3.8, 4) is 0 Å². The van der Waals surface area contributed by atoms with Crippen molar-refractivity contribution in [3.63, 3.8) is 0 Å². The fraction of sp³-hybridized carbons (Fsp3) is 0.381. The van der Waals surface area contributed by atoms with Gasteiger partial charge in [0, 0.05) is 26.6 Å². The van der Waals surface area contributed by atoms with Gasteiger partial charge < -0.3 is 4.90 Å². The molecule has 0 heterocycles. The van der Waals surface area contributed by atoms with Crippen LogP contribution < -0.4 is 4.72 Å². The molecule has 0 aliphatic rings. The number of rotatable bonds is 10. The lowest BCUT2D eigenvalue weighted by Crippen LogP contribution is -2.37. The molecular formula is C21H28N2O3S. The van der Waals surface area contributed by atoms with Crippen LogP contribution in [0.1, 0.15) is 30.0 Å². The van der Waals surface area contributed by atoms with E-state index < -0.39 is 10.0 Å². The number of hydrogen-bond acceptors (Lipinski definition) is 3. The Morgan fingerprint density at radius 2 is 1.74 bits per heavy atom. The smallest absolute Gasteiger partial charge is 0.219 e. The largest absolute Gasteiger partial charge is 0.337 e. The molecule has 0 aliphatic carbocycles. The molecule has 2 aromatic rings. The number of aryl methyl sites for hydroxylation is 2. The Bertz CT molecular complexity index is 836. The Morgan fingerprint density at radius 3 is 2.41 bits per heavy atom. The zero-order valence-electron chi connectivity index (χ0n) is 16.0. The van der Waals surface area contributed by atoms with Gasteiger partial charge in [-0.15, -0.1) is 0 Å². The minimum atomic E-state index is -3.34. The Kier molecular flexibility index (Phi) is 8.00. The van der Waals surface area contributed by atoms with E-state index >= 15 is 0 Å². The summed E-state index contributed by atoms with van der Waals surface area (Å²) in [5.41, 5.74) is 3.31.